The number of fused-ring (bicyclic) bond motifs is 2. The van der Waals surface area contributed by atoms with Gasteiger partial charge in [0, 0.05) is 17.4 Å². The third-order valence-corrected chi connectivity index (χ3v) is 3.30. The molecule has 88 valence electrons. The van der Waals surface area contributed by atoms with Gasteiger partial charge in [-0.15, -0.1) is 0 Å². The van der Waals surface area contributed by atoms with Crippen molar-refractivity contribution in [2.75, 3.05) is 6.61 Å². The van der Waals surface area contributed by atoms with Gasteiger partial charge >= 0.3 is 0 Å². The van der Waals surface area contributed by atoms with E-state index in [4.69, 9.17) is 4.74 Å². The van der Waals surface area contributed by atoms with Crippen molar-refractivity contribution in [2.45, 2.75) is 32.6 Å². The van der Waals surface area contributed by atoms with E-state index in [1.54, 1.807) is 0 Å². The van der Waals surface area contributed by atoms with Gasteiger partial charge in [0.25, 0.3) is 0 Å². The quantitative estimate of drug-likeness (QED) is 0.687. The van der Waals surface area contributed by atoms with Crippen LogP contribution in [0.4, 0.5) is 0 Å². The van der Waals surface area contributed by atoms with Crippen molar-refractivity contribution in [1.29, 1.82) is 0 Å². The van der Waals surface area contributed by atoms with Crippen molar-refractivity contribution in [3.05, 3.63) is 35.4 Å². The zero-order chi connectivity index (χ0) is 12.0. The minimum atomic E-state index is 0.125. The molecular formula is C15H17NO. The highest BCUT2D eigenvalue weighted by molar-refractivity contribution is 5.85. The summed E-state index contributed by atoms with van der Waals surface area (Å²) >= 11 is 0. The van der Waals surface area contributed by atoms with Crippen molar-refractivity contribution < 1.29 is 4.74 Å². The van der Waals surface area contributed by atoms with Crippen LogP contribution in [-0.4, -0.2) is 11.6 Å². The maximum absolute atomic E-state index is 5.63. The van der Waals surface area contributed by atoms with E-state index in [1.165, 1.54) is 16.5 Å². The fourth-order valence-corrected chi connectivity index (χ4v) is 2.69. The Hall–Kier alpha value is -1.57. The highest BCUT2D eigenvalue weighted by Gasteiger charge is 2.27. The fraction of sp³-hybridized carbons (Fsp3) is 0.400. The van der Waals surface area contributed by atoms with Gasteiger partial charge in [-0.25, -0.2) is 4.98 Å². The Kier molecular flexibility index (Phi) is 2.15. The van der Waals surface area contributed by atoms with Gasteiger partial charge in [0.1, 0.15) is 0 Å². The van der Waals surface area contributed by atoms with Crippen LogP contribution in [0.5, 0.6) is 5.88 Å². The normalized spacial score (nSPS) is 14.8. The molecule has 2 heteroatoms. The molecule has 17 heavy (non-hydrogen) atoms. The highest BCUT2D eigenvalue weighted by Crippen LogP contribution is 2.38. The molecule has 0 fully saturated rings. The number of hydrogen-bond donors (Lipinski definition) is 0. The zero-order valence-electron chi connectivity index (χ0n) is 10.6. The first-order valence-electron chi connectivity index (χ1n) is 6.12. The largest absolute Gasteiger partial charge is 0.477 e. The summed E-state index contributed by atoms with van der Waals surface area (Å²) in [5.74, 6) is 0.841. The molecule has 0 saturated carbocycles. The lowest BCUT2D eigenvalue weighted by molar-refractivity contribution is 0.346. The van der Waals surface area contributed by atoms with E-state index >= 15 is 0 Å². The first-order valence-corrected chi connectivity index (χ1v) is 6.12. The zero-order valence-corrected chi connectivity index (χ0v) is 10.6. The molecule has 2 nitrogen and oxygen atoms in total. The van der Waals surface area contributed by atoms with Gasteiger partial charge in [0.05, 0.1) is 12.1 Å². The van der Waals surface area contributed by atoms with Crippen LogP contribution in [0.1, 0.15) is 31.9 Å². The molecule has 1 aliphatic heterocycles. The fourth-order valence-electron chi connectivity index (χ4n) is 2.69. The Labute approximate surface area is 102 Å². The van der Waals surface area contributed by atoms with Crippen LogP contribution >= 0.6 is 0 Å². The van der Waals surface area contributed by atoms with Gasteiger partial charge in [-0.2, -0.15) is 0 Å². The summed E-state index contributed by atoms with van der Waals surface area (Å²) in [7, 11) is 0. The van der Waals surface area contributed by atoms with Gasteiger partial charge in [-0.1, -0.05) is 39.0 Å². The topological polar surface area (TPSA) is 22.1 Å². The molecule has 0 radical (unpaired) electrons. The molecular weight excluding hydrogens is 210 g/mol. The van der Waals surface area contributed by atoms with Crippen LogP contribution in [0.2, 0.25) is 0 Å². The molecule has 0 saturated heterocycles. The third kappa shape index (κ3) is 1.59. The van der Waals surface area contributed by atoms with Crippen molar-refractivity contribution in [3.63, 3.8) is 0 Å². The predicted octanol–water partition coefficient (Wildman–Crippen LogP) is 3.47. The molecule has 1 aliphatic rings. The van der Waals surface area contributed by atoms with Crippen molar-refractivity contribution >= 4 is 10.9 Å². The Morgan fingerprint density at radius 1 is 1.18 bits per heavy atom. The number of pyridine rings is 1. The molecule has 0 amide bonds. The Morgan fingerprint density at radius 3 is 2.71 bits per heavy atom. The minimum absolute atomic E-state index is 0.125. The first-order chi connectivity index (χ1) is 8.07. The van der Waals surface area contributed by atoms with Crippen LogP contribution in [0, 0.1) is 0 Å². The molecule has 2 heterocycles. The van der Waals surface area contributed by atoms with E-state index in [-0.39, 0.29) is 5.41 Å². The second-order valence-corrected chi connectivity index (χ2v) is 5.64. The second-order valence-electron chi connectivity index (χ2n) is 5.64. The van der Waals surface area contributed by atoms with E-state index in [0.29, 0.717) is 0 Å². The van der Waals surface area contributed by atoms with Crippen molar-refractivity contribution in [2.24, 2.45) is 0 Å². The standard InChI is InChI=1S/C15H17NO/c1-15(2,3)13-10-6-4-5-7-12(10)16-14-11(13)8-9-17-14/h4-7H,8-9H2,1-3H3. The Balaban J connectivity index is 2.43. The highest BCUT2D eigenvalue weighted by atomic mass is 16.5. The van der Waals surface area contributed by atoms with Crippen molar-refractivity contribution in [3.8, 4) is 5.88 Å². The summed E-state index contributed by atoms with van der Waals surface area (Å²) in [6, 6.07) is 8.35. The maximum atomic E-state index is 5.63. The average molecular weight is 227 g/mol. The molecule has 0 N–H and O–H groups in total. The molecule has 1 aromatic heterocycles. The molecule has 0 spiro atoms. The van der Waals surface area contributed by atoms with E-state index in [1.807, 2.05) is 6.07 Å². The van der Waals surface area contributed by atoms with Crippen LogP contribution < -0.4 is 4.74 Å². The lowest BCUT2D eigenvalue weighted by Gasteiger charge is -2.23. The average Bonchev–Trinajstić information content (AvgIpc) is 2.71. The third-order valence-electron chi connectivity index (χ3n) is 3.30. The second kappa shape index (κ2) is 3.46. The number of benzene rings is 1. The molecule has 0 atom stereocenters. The summed E-state index contributed by atoms with van der Waals surface area (Å²) in [5.41, 5.74) is 3.87. The molecule has 1 aromatic carbocycles. The summed E-state index contributed by atoms with van der Waals surface area (Å²) in [6.45, 7) is 7.54. The van der Waals surface area contributed by atoms with Crippen LogP contribution in [0.25, 0.3) is 10.9 Å². The lowest BCUT2D eigenvalue weighted by Crippen LogP contribution is -2.15. The van der Waals surface area contributed by atoms with Crippen LogP contribution in [0.15, 0.2) is 24.3 Å². The van der Waals surface area contributed by atoms with Crippen LogP contribution in [0.3, 0.4) is 0 Å². The SMILES string of the molecule is CC(C)(C)c1c2c(nc3ccccc13)OCC2. The van der Waals surface area contributed by atoms with Crippen LogP contribution in [-0.2, 0) is 11.8 Å². The number of aromatic nitrogens is 1. The van der Waals surface area contributed by atoms with E-state index < -0.39 is 0 Å². The van der Waals surface area contributed by atoms with E-state index in [9.17, 15) is 0 Å². The smallest absolute Gasteiger partial charge is 0.217 e. The molecule has 3 rings (SSSR count). The van der Waals surface area contributed by atoms with Gasteiger partial charge in [-0.3, -0.25) is 0 Å². The Bertz CT molecular complexity index is 581. The number of ether oxygens (including phenoxy) is 1. The molecule has 2 aromatic rings. The van der Waals surface area contributed by atoms with E-state index in [2.05, 4.69) is 44.0 Å². The summed E-state index contributed by atoms with van der Waals surface area (Å²) in [5, 5.41) is 1.27. The number of hydrogen-bond acceptors (Lipinski definition) is 2. The number of nitrogens with zero attached hydrogens (tertiary/aromatic N) is 1. The van der Waals surface area contributed by atoms with Gasteiger partial charge in [-0.05, 0) is 17.0 Å². The predicted molar refractivity (Wildman–Crippen MR) is 69.6 cm³/mol. The first kappa shape index (κ1) is 10.6. The molecule has 0 unspecified atom stereocenters. The monoisotopic (exact) mass is 227 g/mol. The maximum Gasteiger partial charge on any atom is 0.217 e. The number of rotatable bonds is 0. The summed E-state index contributed by atoms with van der Waals surface area (Å²) in [6.07, 6.45) is 0.986. The molecule has 0 bridgehead atoms. The number of para-hydroxylation sites is 1. The van der Waals surface area contributed by atoms with Gasteiger partial charge in [0.15, 0.2) is 0 Å². The van der Waals surface area contributed by atoms with Gasteiger partial charge in [0.2, 0.25) is 5.88 Å². The van der Waals surface area contributed by atoms with Gasteiger partial charge < -0.3 is 4.74 Å². The van der Waals surface area contributed by atoms with E-state index in [0.717, 1.165) is 24.4 Å². The molecule has 0 aliphatic carbocycles. The lowest BCUT2D eigenvalue weighted by atomic mass is 9.81. The Morgan fingerprint density at radius 2 is 1.94 bits per heavy atom. The summed E-state index contributed by atoms with van der Waals surface area (Å²) < 4.78 is 5.63. The minimum Gasteiger partial charge on any atom is -0.477 e. The van der Waals surface area contributed by atoms with Crippen molar-refractivity contribution in [1.82, 2.24) is 4.98 Å². The summed E-state index contributed by atoms with van der Waals surface area (Å²) in [4.78, 5) is 4.61.